The van der Waals surface area contributed by atoms with Crippen molar-refractivity contribution < 1.29 is 4.74 Å². The van der Waals surface area contributed by atoms with Crippen molar-refractivity contribution in [3.05, 3.63) is 29.8 Å². The van der Waals surface area contributed by atoms with Crippen molar-refractivity contribution in [1.82, 2.24) is 5.32 Å². The highest BCUT2D eigenvalue weighted by molar-refractivity contribution is 5.27. The molecule has 1 N–H and O–H groups in total. The van der Waals surface area contributed by atoms with Gasteiger partial charge in [0, 0.05) is 6.54 Å². The summed E-state index contributed by atoms with van der Waals surface area (Å²) < 4.78 is 5.70. The number of ether oxygens (including phenoxy) is 1. The van der Waals surface area contributed by atoms with Gasteiger partial charge in [0.05, 0.1) is 0 Å². The molecule has 1 aromatic rings. The number of benzene rings is 1. The van der Waals surface area contributed by atoms with Gasteiger partial charge in [-0.2, -0.15) is 0 Å². The Morgan fingerprint density at radius 3 is 2.45 bits per heavy atom. The molecule has 0 radical (unpaired) electrons. The lowest BCUT2D eigenvalue weighted by Crippen LogP contribution is -2.22. The number of aryl methyl sites for hydroxylation is 1. The molecule has 0 aliphatic rings. The van der Waals surface area contributed by atoms with Gasteiger partial charge in [0.2, 0.25) is 0 Å². The molecule has 20 heavy (non-hydrogen) atoms. The highest BCUT2D eigenvalue weighted by atomic mass is 16.5. The van der Waals surface area contributed by atoms with Gasteiger partial charge < -0.3 is 10.1 Å². The summed E-state index contributed by atoms with van der Waals surface area (Å²) in [4.78, 5) is 0. The monoisotopic (exact) mass is 277 g/mol. The zero-order valence-electron chi connectivity index (χ0n) is 13.3. The average molecular weight is 277 g/mol. The van der Waals surface area contributed by atoms with Crippen LogP contribution in [-0.2, 0) is 0 Å². The first kappa shape index (κ1) is 17.0. The molecule has 2 heteroatoms. The van der Waals surface area contributed by atoms with E-state index in [1.165, 1.54) is 50.5 Å². The van der Waals surface area contributed by atoms with Crippen LogP contribution in [0.15, 0.2) is 24.3 Å². The van der Waals surface area contributed by atoms with Crippen molar-refractivity contribution in [2.75, 3.05) is 19.7 Å². The van der Waals surface area contributed by atoms with E-state index in [2.05, 4.69) is 31.3 Å². The maximum atomic E-state index is 5.70. The van der Waals surface area contributed by atoms with Crippen molar-refractivity contribution in [2.24, 2.45) is 0 Å². The number of hydrogen-bond acceptors (Lipinski definition) is 2. The van der Waals surface area contributed by atoms with Crippen molar-refractivity contribution in [3.8, 4) is 5.75 Å². The van der Waals surface area contributed by atoms with Crippen LogP contribution in [0.3, 0.4) is 0 Å². The summed E-state index contributed by atoms with van der Waals surface area (Å²) in [5.41, 5.74) is 1.25. The van der Waals surface area contributed by atoms with E-state index in [1.807, 2.05) is 12.1 Å². The molecule has 0 aromatic heterocycles. The largest absolute Gasteiger partial charge is 0.492 e. The Balaban J connectivity index is 1.85. The number of nitrogens with one attached hydrogen (secondary N) is 1. The molecule has 0 atom stereocenters. The first-order valence-corrected chi connectivity index (χ1v) is 8.23. The van der Waals surface area contributed by atoms with Gasteiger partial charge in [-0.15, -0.1) is 0 Å². The summed E-state index contributed by atoms with van der Waals surface area (Å²) in [5, 5.41) is 3.45. The molecule has 0 saturated heterocycles. The van der Waals surface area contributed by atoms with E-state index >= 15 is 0 Å². The summed E-state index contributed by atoms with van der Waals surface area (Å²) in [6, 6.07) is 8.22. The molecule has 1 rings (SSSR count). The molecule has 2 nitrogen and oxygen atoms in total. The van der Waals surface area contributed by atoms with Gasteiger partial charge >= 0.3 is 0 Å². The Morgan fingerprint density at radius 1 is 0.950 bits per heavy atom. The lowest BCUT2D eigenvalue weighted by molar-refractivity contribution is 0.313. The summed E-state index contributed by atoms with van der Waals surface area (Å²) in [6.45, 7) is 7.16. The fourth-order valence-corrected chi connectivity index (χ4v) is 2.28. The standard InChI is InChI=1S/C18H31NO/c1-3-4-5-6-7-8-9-13-19-14-15-20-18-12-10-11-17(2)16-18/h10-12,16,19H,3-9,13-15H2,1-2H3. The molecule has 0 amide bonds. The maximum Gasteiger partial charge on any atom is 0.119 e. The number of rotatable bonds is 12. The third kappa shape index (κ3) is 8.98. The highest BCUT2D eigenvalue weighted by Gasteiger charge is 1.94. The van der Waals surface area contributed by atoms with Crippen LogP contribution in [0.1, 0.15) is 57.4 Å². The molecular formula is C18H31NO. The molecular weight excluding hydrogens is 246 g/mol. The molecule has 0 fully saturated rings. The van der Waals surface area contributed by atoms with E-state index in [-0.39, 0.29) is 0 Å². The zero-order chi connectivity index (χ0) is 14.5. The Hall–Kier alpha value is -1.02. The minimum Gasteiger partial charge on any atom is -0.492 e. The minimum atomic E-state index is 0.750. The highest BCUT2D eigenvalue weighted by Crippen LogP contribution is 2.11. The first-order chi connectivity index (χ1) is 9.83. The number of unbranched alkanes of at least 4 members (excludes halogenated alkanes) is 6. The third-order valence-electron chi connectivity index (χ3n) is 3.49. The van der Waals surface area contributed by atoms with Crippen LogP contribution in [0.25, 0.3) is 0 Å². The Bertz CT molecular complexity index is 338. The molecule has 0 spiro atoms. The Kier molecular flexibility index (Phi) is 10.0. The van der Waals surface area contributed by atoms with Gasteiger partial charge in [-0.1, -0.05) is 57.6 Å². The predicted molar refractivity (Wildman–Crippen MR) is 87.5 cm³/mol. The maximum absolute atomic E-state index is 5.70. The summed E-state index contributed by atoms with van der Waals surface area (Å²) >= 11 is 0. The average Bonchev–Trinajstić information content (AvgIpc) is 2.45. The lowest BCUT2D eigenvalue weighted by atomic mass is 10.1. The summed E-state index contributed by atoms with van der Waals surface area (Å²) in [5.74, 6) is 0.975. The van der Waals surface area contributed by atoms with Crippen molar-refractivity contribution >= 4 is 0 Å². The molecule has 0 bridgehead atoms. The SMILES string of the molecule is CCCCCCCCCNCCOc1cccc(C)c1. The molecule has 114 valence electrons. The molecule has 0 heterocycles. The van der Waals surface area contributed by atoms with Crippen LogP contribution in [0.2, 0.25) is 0 Å². The second-order valence-electron chi connectivity index (χ2n) is 5.54. The Labute approximate surface area is 124 Å². The van der Waals surface area contributed by atoms with Crippen LogP contribution in [0.5, 0.6) is 5.75 Å². The van der Waals surface area contributed by atoms with Crippen LogP contribution in [-0.4, -0.2) is 19.7 Å². The molecule has 0 aliphatic heterocycles. The fourth-order valence-electron chi connectivity index (χ4n) is 2.28. The second kappa shape index (κ2) is 11.8. The van der Waals surface area contributed by atoms with Gasteiger partial charge in [-0.3, -0.25) is 0 Å². The van der Waals surface area contributed by atoms with Crippen LogP contribution < -0.4 is 10.1 Å². The van der Waals surface area contributed by atoms with Gasteiger partial charge in [0.25, 0.3) is 0 Å². The summed E-state index contributed by atoms with van der Waals surface area (Å²) in [6.07, 6.45) is 9.59. The topological polar surface area (TPSA) is 21.3 Å². The quantitative estimate of drug-likeness (QED) is 0.558. The molecule has 0 aliphatic carbocycles. The van der Waals surface area contributed by atoms with Crippen molar-refractivity contribution in [1.29, 1.82) is 0 Å². The third-order valence-corrected chi connectivity index (χ3v) is 3.49. The number of hydrogen-bond donors (Lipinski definition) is 1. The molecule has 0 unspecified atom stereocenters. The normalized spacial score (nSPS) is 10.7. The van der Waals surface area contributed by atoms with Crippen LogP contribution in [0.4, 0.5) is 0 Å². The van der Waals surface area contributed by atoms with Crippen LogP contribution >= 0.6 is 0 Å². The molecule has 1 aromatic carbocycles. The van der Waals surface area contributed by atoms with E-state index in [1.54, 1.807) is 0 Å². The predicted octanol–water partition coefficient (Wildman–Crippen LogP) is 4.71. The van der Waals surface area contributed by atoms with Crippen molar-refractivity contribution in [3.63, 3.8) is 0 Å². The van der Waals surface area contributed by atoms with Gasteiger partial charge in [-0.05, 0) is 37.6 Å². The summed E-state index contributed by atoms with van der Waals surface area (Å²) in [7, 11) is 0. The van der Waals surface area contributed by atoms with Crippen LogP contribution in [0, 0.1) is 6.92 Å². The van der Waals surface area contributed by atoms with E-state index in [4.69, 9.17) is 4.74 Å². The molecule has 0 saturated carbocycles. The van der Waals surface area contributed by atoms with E-state index < -0.39 is 0 Å². The van der Waals surface area contributed by atoms with E-state index in [9.17, 15) is 0 Å². The Morgan fingerprint density at radius 2 is 1.70 bits per heavy atom. The first-order valence-electron chi connectivity index (χ1n) is 8.23. The smallest absolute Gasteiger partial charge is 0.119 e. The van der Waals surface area contributed by atoms with Gasteiger partial charge in [0.1, 0.15) is 12.4 Å². The zero-order valence-corrected chi connectivity index (χ0v) is 13.3. The minimum absolute atomic E-state index is 0.750. The van der Waals surface area contributed by atoms with Gasteiger partial charge in [-0.25, -0.2) is 0 Å². The van der Waals surface area contributed by atoms with Crippen molar-refractivity contribution in [2.45, 2.75) is 58.8 Å². The van der Waals surface area contributed by atoms with E-state index in [0.29, 0.717) is 0 Å². The fraction of sp³-hybridized carbons (Fsp3) is 0.667. The lowest BCUT2D eigenvalue weighted by Gasteiger charge is -2.08. The second-order valence-corrected chi connectivity index (χ2v) is 5.54. The van der Waals surface area contributed by atoms with Gasteiger partial charge in [0.15, 0.2) is 0 Å². The van der Waals surface area contributed by atoms with E-state index in [0.717, 1.165) is 25.4 Å².